The molecule has 0 radical (unpaired) electrons. The monoisotopic (exact) mass is 303 g/mol. The van der Waals surface area contributed by atoms with Gasteiger partial charge in [0.1, 0.15) is 0 Å². The lowest BCUT2D eigenvalue weighted by atomic mass is 10.0. The molecule has 0 aliphatic carbocycles. The SMILES string of the molecule is CCc1ccsc1C(=O)NC(CC(=O)O)c1ccccc1. The molecule has 0 fully saturated rings. The Morgan fingerprint density at radius 2 is 1.95 bits per heavy atom. The zero-order chi connectivity index (χ0) is 15.2. The fraction of sp³-hybridized carbons (Fsp3) is 0.250. The Kier molecular flexibility index (Phi) is 5.11. The van der Waals surface area contributed by atoms with Crippen LogP contribution in [-0.4, -0.2) is 17.0 Å². The van der Waals surface area contributed by atoms with E-state index in [2.05, 4.69) is 5.32 Å². The Morgan fingerprint density at radius 1 is 1.24 bits per heavy atom. The number of rotatable bonds is 6. The quantitative estimate of drug-likeness (QED) is 0.861. The van der Waals surface area contributed by atoms with Gasteiger partial charge in [0.2, 0.25) is 0 Å². The van der Waals surface area contributed by atoms with Crippen molar-refractivity contribution in [2.75, 3.05) is 0 Å². The highest BCUT2D eigenvalue weighted by Gasteiger charge is 2.20. The minimum Gasteiger partial charge on any atom is -0.481 e. The maximum absolute atomic E-state index is 12.4. The van der Waals surface area contributed by atoms with Gasteiger partial charge < -0.3 is 10.4 Å². The number of nitrogens with one attached hydrogen (secondary N) is 1. The topological polar surface area (TPSA) is 66.4 Å². The van der Waals surface area contributed by atoms with E-state index in [1.165, 1.54) is 11.3 Å². The molecule has 1 atom stereocenters. The summed E-state index contributed by atoms with van der Waals surface area (Å²) in [4.78, 5) is 24.0. The van der Waals surface area contributed by atoms with E-state index in [4.69, 9.17) is 5.11 Å². The van der Waals surface area contributed by atoms with Gasteiger partial charge in [-0.25, -0.2) is 0 Å². The summed E-state index contributed by atoms with van der Waals surface area (Å²) in [6, 6.07) is 10.6. The average Bonchev–Trinajstić information content (AvgIpc) is 2.95. The van der Waals surface area contributed by atoms with Crippen LogP contribution < -0.4 is 5.32 Å². The summed E-state index contributed by atoms with van der Waals surface area (Å²) in [5.41, 5.74) is 1.78. The molecule has 1 heterocycles. The zero-order valence-corrected chi connectivity index (χ0v) is 12.5. The van der Waals surface area contributed by atoms with E-state index in [1.54, 1.807) is 0 Å². The highest BCUT2D eigenvalue weighted by molar-refractivity contribution is 7.12. The Bertz CT molecular complexity index is 621. The van der Waals surface area contributed by atoms with Crippen LogP contribution in [-0.2, 0) is 11.2 Å². The van der Waals surface area contributed by atoms with Crippen molar-refractivity contribution in [3.8, 4) is 0 Å². The van der Waals surface area contributed by atoms with E-state index in [9.17, 15) is 9.59 Å². The van der Waals surface area contributed by atoms with Crippen LogP contribution in [0.3, 0.4) is 0 Å². The molecule has 1 amide bonds. The number of carbonyl (C=O) groups excluding carboxylic acids is 1. The first-order valence-electron chi connectivity index (χ1n) is 6.75. The van der Waals surface area contributed by atoms with Crippen LogP contribution in [0.5, 0.6) is 0 Å². The molecule has 1 unspecified atom stereocenters. The summed E-state index contributed by atoms with van der Waals surface area (Å²) in [5, 5.41) is 13.8. The predicted molar refractivity (Wildman–Crippen MR) is 82.6 cm³/mol. The first-order valence-corrected chi connectivity index (χ1v) is 7.63. The maximum Gasteiger partial charge on any atom is 0.305 e. The summed E-state index contributed by atoms with van der Waals surface area (Å²) in [6.45, 7) is 1.99. The molecule has 110 valence electrons. The van der Waals surface area contributed by atoms with E-state index in [0.717, 1.165) is 17.5 Å². The molecule has 2 rings (SSSR count). The van der Waals surface area contributed by atoms with Gasteiger partial charge in [0.05, 0.1) is 17.3 Å². The van der Waals surface area contributed by atoms with Gasteiger partial charge in [0, 0.05) is 0 Å². The van der Waals surface area contributed by atoms with E-state index in [-0.39, 0.29) is 12.3 Å². The number of carbonyl (C=O) groups is 2. The van der Waals surface area contributed by atoms with E-state index in [1.807, 2.05) is 48.7 Å². The number of carboxylic acids is 1. The number of aryl methyl sites for hydroxylation is 1. The average molecular weight is 303 g/mol. The molecule has 0 bridgehead atoms. The normalized spacial score (nSPS) is 11.9. The van der Waals surface area contributed by atoms with Crippen LogP contribution in [0.2, 0.25) is 0 Å². The van der Waals surface area contributed by atoms with Crippen molar-refractivity contribution in [2.45, 2.75) is 25.8 Å². The Labute approximate surface area is 127 Å². The zero-order valence-electron chi connectivity index (χ0n) is 11.7. The van der Waals surface area contributed by atoms with Crippen molar-refractivity contribution < 1.29 is 14.7 Å². The van der Waals surface area contributed by atoms with E-state index in [0.29, 0.717) is 4.88 Å². The Hall–Kier alpha value is -2.14. The van der Waals surface area contributed by atoms with Crippen molar-refractivity contribution in [2.24, 2.45) is 0 Å². The van der Waals surface area contributed by atoms with Crippen molar-refractivity contribution in [1.29, 1.82) is 0 Å². The van der Waals surface area contributed by atoms with Gasteiger partial charge in [0.15, 0.2) is 0 Å². The van der Waals surface area contributed by atoms with Crippen LogP contribution in [0.4, 0.5) is 0 Å². The summed E-state index contributed by atoms with van der Waals surface area (Å²) < 4.78 is 0. The van der Waals surface area contributed by atoms with Crippen LogP contribution in [0, 0.1) is 0 Å². The van der Waals surface area contributed by atoms with Gasteiger partial charge in [-0.1, -0.05) is 37.3 Å². The fourth-order valence-corrected chi connectivity index (χ4v) is 3.05. The van der Waals surface area contributed by atoms with Gasteiger partial charge in [-0.2, -0.15) is 0 Å². The van der Waals surface area contributed by atoms with Crippen molar-refractivity contribution >= 4 is 23.2 Å². The molecule has 2 N–H and O–H groups in total. The number of hydrogen-bond acceptors (Lipinski definition) is 3. The molecule has 0 saturated carbocycles. The largest absolute Gasteiger partial charge is 0.481 e. The third kappa shape index (κ3) is 3.92. The highest BCUT2D eigenvalue weighted by Crippen LogP contribution is 2.21. The Balaban J connectivity index is 2.19. The molecule has 0 aliphatic rings. The summed E-state index contributed by atoms with van der Waals surface area (Å²) in [7, 11) is 0. The van der Waals surface area contributed by atoms with Crippen molar-refractivity contribution in [3.63, 3.8) is 0 Å². The molecule has 5 heteroatoms. The number of thiophene rings is 1. The molecule has 21 heavy (non-hydrogen) atoms. The molecule has 0 saturated heterocycles. The number of aliphatic carboxylic acids is 1. The van der Waals surface area contributed by atoms with E-state index < -0.39 is 12.0 Å². The molecule has 0 spiro atoms. The summed E-state index contributed by atoms with van der Waals surface area (Å²) in [5.74, 6) is -1.15. The van der Waals surface area contributed by atoms with Crippen LogP contribution in [0.25, 0.3) is 0 Å². The first-order chi connectivity index (χ1) is 10.1. The summed E-state index contributed by atoms with van der Waals surface area (Å²) >= 11 is 1.38. The molecule has 1 aromatic heterocycles. The van der Waals surface area contributed by atoms with E-state index >= 15 is 0 Å². The number of hydrogen-bond donors (Lipinski definition) is 2. The summed E-state index contributed by atoms with van der Waals surface area (Å²) in [6.07, 6.45) is 0.643. The maximum atomic E-state index is 12.4. The second-order valence-corrected chi connectivity index (χ2v) is 5.58. The van der Waals surface area contributed by atoms with Crippen LogP contribution >= 0.6 is 11.3 Å². The first kappa shape index (κ1) is 15.3. The number of amides is 1. The second kappa shape index (κ2) is 7.04. The molecular formula is C16H17NO3S. The van der Waals surface area contributed by atoms with Gasteiger partial charge in [0.25, 0.3) is 5.91 Å². The minimum atomic E-state index is -0.939. The number of carboxylic acid groups (broad SMARTS) is 1. The molecular weight excluding hydrogens is 286 g/mol. The smallest absolute Gasteiger partial charge is 0.305 e. The molecule has 0 aliphatic heterocycles. The van der Waals surface area contributed by atoms with Crippen molar-refractivity contribution in [1.82, 2.24) is 5.32 Å². The third-order valence-corrected chi connectivity index (χ3v) is 4.18. The standard InChI is InChI=1S/C16H17NO3S/c1-2-11-8-9-21-15(11)16(20)17-13(10-14(18)19)12-6-4-3-5-7-12/h3-9,13H,2,10H2,1H3,(H,17,20)(H,18,19). The van der Waals surface area contributed by atoms with Gasteiger partial charge in [-0.15, -0.1) is 11.3 Å². The van der Waals surface area contributed by atoms with Gasteiger partial charge in [-0.3, -0.25) is 9.59 Å². The highest BCUT2D eigenvalue weighted by atomic mass is 32.1. The van der Waals surface area contributed by atoms with Crippen LogP contribution in [0.15, 0.2) is 41.8 Å². The van der Waals surface area contributed by atoms with Crippen molar-refractivity contribution in [3.05, 3.63) is 57.8 Å². The number of benzene rings is 1. The lowest BCUT2D eigenvalue weighted by Gasteiger charge is -2.17. The Morgan fingerprint density at radius 3 is 2.57 bits per heavy atom. The van der Waals surface area contributed by atoms with Gasteiger partial charge >= 0.3 is 5.97 Å². The lowest BCUT2D eigenvalue weighted by molar-refractivity contribution is -0.137. The minimum absolute atomic E-state index is 0.136. The van der Waals surface area contributed by atoms with Gasteiger partial charge in [-0.05, 0) is 29.0 Å². The van der Waals surface area contributed by atoms with Crippen LogP contribution in [0.1, 0.15) is 40.2 Å². The predicted octanol–water partition coefficient (Wildman–Crippen LogP) is 3.26. The fourth-order valence-electron chi connectivity index (χ4n) is 2.15. The third-order valence-electron chi connectivity index (χ3n) is 3.22. The second-order valence-electron chi connectivity index (χ2n) is 4.66. The molecule has 4 nitrogen and oxygen atoms in total. The lowest BCUT2D eigenvalue weighted by Crippen LogP contribution is -2.30. The molecule has 2 aromatic rings. The molecule has 1 aromatic carbocycles.